The minimum atomic E-state index is 0.604. The smallest absolute Gasteiger partial charge is 0.100 e. The fraction of sp³-hybridized carbons (Fsp3) is 0.235. The third-order valence-corrected chi connectivity index (χ3v) is 2.26. The average Bonchev–Trinajstić information content (AvgIpc) is 2.42. The Hall–Kier alpha value is -2.43. The third-order valence-electron chi connectivity index (χ3n) is 2.26. The van der Waals surface area contributed by atoms with Crippen molar-refractivity contribution < 1.29 is 0 Å². The summed E-state index contributed by atoms with van der Waals surface area (Å²) in [6.45, 7) is 2.15. The first-order valence-corrected chi connectivity index (χ1v) is 6.02. The van der Waals surface area contributed by atoms with Crippen molar-refractivity contribution in [1.29, 1.82) is 5.26 Å². The molecule has 0 aliphatic rings. The van der Waals surface area contributed by atoms with E-state index in [-0.39, 0.29) is 0 Å². The summed E-state index contributed by atoms with van der Waals surface area (Å²) in [5, 5.41) is 8.88. The number of hydrogen-bond acceptors (Lipinski definition) is 1. The minimum Gasteiger partial charge on any atom is -0.192 e. The molecule has 0 aromatic heterocycles. The van der Waals surface area contributed by atoms with Gasteiger partial charge in [0.1, 0.15) is 6.07 Å². The van der Waals surface area contributed by atoms with Gasteiger partial charge in [-0.2, -0.15) is 5.26 Å². The summed E-state index contributed by atoms with van der Waals surface area (Å²) in [5.74, 6) is 11.8. The Morgan fingerprint density at radius 1 is 1.11 bits per heavy atom. The molecule has 0 aliphatic carbocycles. The topological polar surface area (TPSA) is 23.8 Å². The van der Waals surface area contributed by atoms with E-state index < -0.39 is 0 Å². The quantitative estimate of drug-likeness (QED) is 0.565. The Bertz CT molecular complexity index is 565. The number of hydrogen-bond donors (Lipinski definition) is 0. The Morgan fingerprint density at radius 3 is 2.56 bits per heavy atom. The van der Waals surface area contributed by atoms with Gasteiger partial charge < -0.3 is 0 Å². The van der Waals surface area contributed by atoms with E-state index >= 15 is 0 Å². The lowest BCUT2D eigenvalue weighted by Gasteiger charge is -1.91. The fourth-order valence-electron chi connectivity index (χ4n) is 1.29. The summed E-state index contributed by atoms with van der Waals surface area (Å²) in [5.41, 5.74) is 1.36. The summed E-state index contributed by atoms with van der Waals surface area (Å²) in [4.78, 5) is 0. The van der Waals surface area contributed by atoms with Crippen LogP contribution in [0.2, 0.25) is 0 Å². The van der Waals surface area contributed by atoms with Gasteiger partial charge in [-0.05, 0) is 30.7 Å². The van der Waals surface area contributed by atoms with Gasteiger partial charge in [0.05, 0.1) is 5.56 Å². The first-order valence-electron chi connectivity index (χ1n) is 6.02. The molecule has 0 N–H and O–H groups in total. The van der Waals surface area contributed by atoms with Crippen molar-refractivity contribution in [2.75, 3.05) is 0 Å². The zero-order chi connectivity index (χ0) is 13.1. The maximum absolute atomic E-state index is 8.88. The third kappa shape index (κ3) is 5.07. The SMILES string of the molecule is CCCCC#C/C=C/C#Cc1ccccc1C#N. The fourth-order valence-corrected chi connectivity index (χ4v) is 1.29. The number of rotatable bonds is 2. The highest BCUT2D eigenvalue weighted by atomic mass is 14.2. The van der Waals surface area contributed by atoms with Crippen molar-refractivity contribution in [2.45, 2.75) is 26.2 Å². The molecule has 1 rings (SSSR count). The number of benzene rings is 1. The highest BCUT2D eigenvalue weighted by Crippen LogP contribution is 2.04. The van der Waals surface area contributed by atoms with Crippen LogP contribution in [0.3, 0.4) is 0 Å². The van der Waals surface area contributed by atoms with Gasteiger partial charge in [0.15, 0.2) is 0 Å². The number of nitrogens with zero attached hydrogens (tertiary/aromatic N) is 1. The van der Waals surface area contributed by atoms with Gasteiger partial charge in [0.25, 0.3) is 0 Å². The molecule has 0 saturated heterocycles. The summed E-state index contributed by atoms with van der Waals surface area (Å²) in [7, 11) is 0. The molecule has 1 aromatic carbocycles. The molecule has 1 aromatic rings. The Labute approximate surface area is 109 Å². The van der Waals surface area contributed by atoms with Crippen molar-refractivity contribution in [3.05, 3.63) is 47.5 Å². The lowest BCUT2D eigenvalue weighted by atomic mass is 10.1. The van der Waals surface area contributed by atoms with Gasteiger partial charge in [-0.15, -0.1) is 0 Å². The molecule has 0 atom stereocenters. The molecular weight excluding hydrogens is 218 g/mol. The second-order valence-electron chi connectivity index (χ2n) is 3.68. The van der Waals surface area contributed by atoms with Gasteiger partial charge in [0, 0.05) is 12.0 Å². The molecule has 0 heterocycles. The average molecular weight is 233 g/mol. The largest absolute Gasteiger partial charge is 0.192 e. The first-order chi connectivity index (χ1) is 8.88. The van der Waals surface area contributed by atoms with Crippen LogP contribution in [-0.4, -0.2) is 0 Å². The molecule has 0 amide bonds. The van der Waals surface area contributed by atoms with Crippen LogP contribution in [-0.2, 0) is 0 Å². The molecule has 0 aliphatic heterocycles. The predicted octanol–water partition coefficient (Wildman–Crippen LogP) is 3.66. The molecule has 0 bridgehead atoms. The maximum Gasteiger partial charge on any atom is 0.100 e. The van der Waals surface area contributed by atoms with Crippen LogP contribution in [0.1, 0.15) is 37.3 Å². The molecule has 0 saturated carbocycles. The Kier molecular flexibility index (Phi) is 6.58. The maximum atomic E-state index is 8.88. The van der Waals surface area contributed by atoms with E-state index in [1.54, 1.807) is 18.2 Å². The predicted molar refractivity (Wildman–Crippen MR) is 74.5 cm³/mol. The van der Waals surface area contributed by atoms with Crippen molar-refractivity contribution in [3.63, 3.8) is 0 Å². The van der Waals surface area contributed by atoms with Gasteiger partial charge >= 0.3 is 0 Å². The van der Waals surface area contributed by atoms with Crippen LogP contribution in [0.4, 0.5) is 0 Å². The van der Waals surface area contributed by atoms with E-state index in [9.17, 15) is 0 Å². The lowest BCUT2D eigenvalue weighted by Crippen LogP contribution is -1.80. The van der Waals surface area contributed by atoms with Crippen LogP contribution in [0, 0.1) is 35.0 Å². The van der Waals surface area contributed by atoms with Crippen LogP contribution in [0.15, 0.2) is 36.4 Å². The lowest BCUT2D eigenvalue weighted by molar-refractivity contribution is 0.828. The molecule has 18 heavy (non-hydrogen) atoms. The molecule has 0 fully saturated rings. The van der Waals surface area contributed by atoms with Gasteiger partial charge in [-0.3, -0.25) is 0 Å². The summed E-state index contributed by atoms with van der Waals surface area (Å²) < 4.78 is 0. The van der Waals surface area contributed by atoms with Crippen molar-refractivity contribution >= 4 is 0 Å². The Balaban J connectivity index is 2.58. The summed E-state index contributed by atoms with van der Waals surface area (Å²) >= 11 is 0. The van der Waals surface area contributed by atoms with Crippen LogP contribution in [0.25, 0.3) is 0 Å². The zero-order valence-electron chi connectivity index (χ0n) is 10.5. The van der Waals surface area contributed by atoms with Crippen LogP contribution in [0.5, 0.6) is 0 Å². The van der Waals surface area contributed by atoms with E-state index in [2.05, 4.69) is 36.7 Å². The molecule has 88 valence electrons. The van der Waals surface area contributed by atoms with Gasteiger partial charge in [-0.25, -0.2) is 0 Å². The molecule has 0 radical (unpaired) electrons. The highest BCUT2D eigenvalue weighted by Gasteiger charge is 1.94. The highest BCUT2D eigenvalue weighted by molar-refractivity contribution is 5.48. The molecular formula is C17H15N. The molecule has 0 unspecified atom stereocenters. The minimum absolute atomic E-state index is 0.604. The Morgan fingerprint density at radius 2 is 1.83 bits per heavy atom. The van der Waals surface area contributed by atoms with E-state index in [0.29, 0.717) is 5.56 Å². The van der Waals surface area contributed by atoms with Crippen molar-refractivity contribution in [3.8, 4) is 29.8 Å². The standard InChI is InChI=1S/C17H15N/c1-2-3-4-5-6-7-8-9-12-16-13-10-11-14-17(16)15-18/h7-8,10-11,13-14H,2-4H2,1H3/b8-7+. The molecule has 1 nitrogen and oxygen atoms in total. The van der Waals surface area contributed by atoms with E-state index in [4.69, 9.17) is 5.26 Å². The number of unbranched alkanes of at least 4 members (excludes halogenated alkanes) is 2. The second-order valence-corrected chi connectivity index (χ2v) is 3.68. The van der Waals surface area contributed by atoms with Gasteiger partial charge in [0.2, 0.25) is 0 Å². The zero-order valence-corrected chi connectivity index (χ0v) is 10.5. The summed E-state index contributed by atoms with van der Waals surface area (Å²) in [6.07, 6.45) is 6.71. The van der Waals surface area contributed by atoms with E-state index in [1.165, 1.54) is 6.42 Å². The number of nitriles is 1. The molecule has 1 heteroatoms. The van der Waals surface area contributed by atoms with Crippen LogP contribution < -0.4 is 0 Å². The van der Waals surface area contributed by atoms with Gasteiger partial charge in [-0.1, -0.05) is 49.2 Å². The van der Waals surface area contributed by atoms with Crippen molar-refractivity contribution in [2.24, 2.45) is 0 Å². The monoisotopic (exact) mass is 233 g/mol. The normalized spacial score (nSPS) is 8.89. The van der Waals surface area contributed by atoms with E-state index in [0.717, 1.165) is 18.4 Å². The summed E-state index contributed by atoms with van der Waals surface area (Å²) in [6, 6.07) is 9.42. The number of allylic oxidation sites excluding steroid dienone is 2. The second kappa shape index (κ2) is 8.69. The molecule has 0 spiro atoms. The van der Waals surface area contributed by atoms with E-state index in [1.807, 2.05) is 18.2 Å². The van der Waals surface area contributed by atoms with Crippen molar-refractivity contribution in [1.82, 2.24) is 0 Å². The van der Waals surface area contributed by atoms with Crippen LogP contribution >= 0.6 is 0 Å². The first kappa shape index (κ1) is 13.6.